The van der Waals surface area contributed by atoms with Crippen molar-refractivity contribution in [3.05, 3.63) is 11.5 Å². The van der Waals surface area contributed by atoms with Crippen molar-refractivity contribution >= 4 is 16.1 Å². The van der Waals surface area contributed by atoms with Gasteiger partial charge in [0.2, 0.25) is 0 Å². The summed E-state index contributed by atoms with van der Waals surface area (Å²) in [4.78, 5) is 10.6. The van der Waals surface area contributed by atoms with Gasteiger partial charge in [0.25, 0.3) is 0 Å². The van der Waals surface area contributed by atoms with Crippen LogP contribution in [0.25, 0.3) is 0 Å². The van der Waals surface area contributed by atoms with Gasteiger partial charge >= 0.3 is 16.1 Å². The van der Waals surface area contributed by atoms with E-state index in [1.807, 2.05) is 0 Å². The number of aromatic nitrogens is 1. The van der Waals surface area contributed by atoms with Crippen molar-refractivity contribution in [1.29, 1.82) is 0 Å². The van der Waals surface area contributed by atoms with E-state index < -0.39 is 21.7 Å². The average Bonchev–Trinajstić information content (AvgIpc) is 2.44. The lowest BCUT2D eigenvalue weighted by Crippen LogP contribution is -2.37. The zero-order valence-electron chi connectivity index (χ0n) is 9.84. The zero-order valence-corrected chi connectivity index (χ0v) is 10.7. The third-order valence-electron chi connectivity index (χ3n) is 2.05. The summed E-state index contributed by atoms with van der Waals surface area (Å²) in [6.07, 6.45) is 0. The molecule has 0 spiro atoms. The average molecular weight is 263 g/mol. The van der Waals surface area contributed by atoms with Crippen molar-refractivity contribution in [1.82, 2.24) is 5.16 Å². The molecule has 0 atom stereocenters. The van der Waals surface area contributed by atoms with Gasteiger partial charge in [-0.05, 0) is 27.7 Å². The predicted octanol–water partition coefficient (Wildman–Crippen LogP) is 0.860. The Kier molecular flexibility index (Phi) is 3.30. The van der Waals surface area contributed by atoms with E-state index in [4.69, 9.17) is 9.63 Å². The van der Waals surface area contributed by atoms with Crippen LogP contribution in [0.4, 0.5) is 0 Å². The van der Waals surface area contributed by atoms with Gasteiger partial charge in [0, 0.05) is 0 Å². The Morgan fingerprint density at radius 3 is 2.29 bits per heavy atom. The Bertz CT molecular complexity index is 522. The van der Waals surface area contributed by atoms with Crippen LogP contribution >= 0.6 is 0 Å². The number of carboxylic acid groups (broad SMARTS) is 1. The summed E-state index contributed by atoms with van der Waals surface area (Å²) in [5.41, 5.74) is -1.72. The second-order valence-electron chi connectivity index (χ2n) is 4.01. The molecule has 0 saturated carbocycles. The van der Waals surface area contributed by atoms with Crippen molar-refractivity contribution in [2.75, 3.05) is 0 Å². The molecule has 1 aromatic heterocycles. The molecule has 0 saturated heterocycles. The Hall–Kier alpha value is -1.41. The van der Waals surface area contributed by atoms with Crippen LogP contribution in [0.1, 0.15) is 25.3 Å². The van der Waals surface area contributed by atoms with E-state index in [9.17, 15) is 13.2 Å². The highest BCUT2D eigenvalue weighted by Crippen LogP contribution is 2.25. The highest BCUT2D eigenvalue weighted by molar-refractivity contribution is 7.87. The van der Waals surface area contributed by atoms with Crippen molar-refractivity contribution in [3.63, 3.8) is 0 Å². The molecule has 8 heteroatoms. The molecule has 1 heterocycles. The van der Waals surface area contributed by atoms with Crippen molar-refractivity contribution < 1.29 is 27.0 Å². The fourth-order valence-electron chi connectivity index (χ4n) is 1.18. The lowest BCUT2D eigenvalue weighted by atomic mass is 10.1. The molecule has 1 rings (SSSR count). The quantitative estimate of drug-likeness (QED) is 0.802. The molecule has 0 amide bonds. The van der Waals surface area contributed by atoms with E-state index in [1.165, 1.54) is 13.8 Å². The molecular formula is C9H13NO6S. The SMILES string of the molecule is Cc1noc(C)c1S(=O)(=O)OC(C)(C)C(=O)O. The summed E-state index contributed by atoms with van der Waals surface area (Å²) in [5.74, 6) is -1.32. The molecule has 0 aromatic carbocycles. The van der Waals surface area contributed by atoms with Crippen LogP contribution in [-0.4, -0.2) is 30.3 Å². The maximum Gasteiger partial charge on any atom is 0.336 e. The van der Waals surface area contributed by atoms with Gasteiger partial charge < -0.3 is 9.63 Å². The van der Waals surface area contributed by atoms with Gasteiger partial charge in [-0.15, -0.1) is 0 Å². The molecular weight excluding hydrogens is 250 g/mol. The second kappa shape index (κ2) is 4.11. The van der Waals surface area contributed by atoms with E-state index in [1.54, 1.807) is 0 Å². The van der Waals surface area contributed by atoms with Crippen LogP contribution in [0.5, 0.6) is 0 Å². The number of rotatable bonds is 4. The first kappa shape index (κ1) is 13.7. The van der Waals surface area contributed by atoms with E-state index in [2.05, 4.69) is 9.34 Å². The standard InChI is InChI=1S/C9H13NO6S/c1-5-7(6(2)15-10-5)17(13,14)16-9(3,4)8(11)12/h1-4H3,(H,11,12). The molecule has 0 radical (unpaired) electrons. The van der Waals surface area contributed by atoms with Gasteiger partial charge in [-0.25, -0.2) is 8.98 Å². The number of hydrogen-bond acceptors (Lipinski definition) is 6. The minimum absolute atomic E-state index is 0.0590. The van der Waals surface area contributed by atoms with Gasteiger partial charge in [0.05, 0.1) is 0 Å². The first-order valence-electron chi connectivity index (χ1n) is 4.70. The summed E-state index contributed by atoms with van der Waals surface area (Å²) < 4.78 is 33.1. The second-order valence-corrected chi connectivity index (χ2v) is 5.49. The molecule has 0 fully saturated rings. The maximum absolute atomic E-state index is 11.9. The van der Waals surface area contributed by atoms with Gasteiger partial charge in [-0.1, -0.05) is 5.16 Å². The first-order valence-corrected chi connectivity index (χ1v) is 6.10. The Morgan fingerprint density at radius 1 is 1.41 bits per heavy atom. The van der Waals surface area contributed by atoms with Crippen LogP contribution in [0.15, 0.2) is 9.42 Å². The summed E-state index contributed by atoms with van der Waals surface area (Å²) in [6, 6.07) is 0. The van der Waals surface area contributed by atoms with Crippen LogP contribution in [0.2, 0.25) is 0 Å². The summed E-state index contributed by atoms with van der Waals surface area (Å²) in [7, 11) is -4.22. The van der Waals surface area contributed by atoms with E-state index in [0.29, 0.717) is 0 Å². The van der Waals surface area contributed by atoms with Gasteiger partial charge in [0.15, 0.2) is 16.3 Å². The highest BCUT2D eigenvalue weighted by Gasteiger charge is 2.37. The van der Waals surface area contributed by atoms with Crippen molar-refractivity contribution in [3.8, 4) is 0 Å². The molecule has 1 N–H and O–H groups in total. The third-order valence-corrected chi connectivity index (χ3v) is 3.77. The lowest BCUT2D eigenvalue weighted by Gasteiger charge is -2.18. The topological polar surface area (TPSA) is 107 Å². The molecule has 0 unspecified atom stereocenters. The number of aliphatic carboxylic acids is 1. The number of carbonyl (C=O) groups is 1. The van der Waals surface area contributed by atoms with E-state index in [0.717, 1.165) is 13.8 Å². The predicted molar refractivity (Wildman–Crippen MR) is 56.0 cm³/mol. The molecule has 0 bridgehead atoms. The molecule has 7 nitrogen and oxygen atoms in total. The van der Waals surface area contributed by atoms with Crippen LogP contribution in [0.3, 0.4) is 0 Å². The van der Waals surface area contributed by atoms with Crippen LogP contribution in [0, 0.1) is 13.8 Å². The molecule has 96 valence electrons. The lowest BCUT2D eigenvalue weighted by molar-refractivity contribution is -0.151. The van der Waals surface area contributed by atoms with Crippen LogP contribution in [-0.2, 0) is 19.1 Å². The fraction of sp³-hybridized carbons (Fsp3) is 0.556. The Labute approximate surface area is 98.5 Å². The van der Waals surface area contributed by atoms with E-state index >= 15 is 0 Å². The third kappa shape index (κ3) is 2.64. The molecule has 0 aliphatic heterocycles. The Balaban J connectivity index is 3.19. The highest BCUT2D eigenvalue weighted by atomic mass is 32.2. The van der Waals surface area contributed by atoms with Crippen molar-refractivity contribution in [2.45, 2.75) is 38.2 Å². The summed E-state index contributed by atoms with van der Waals surface area (Å²) in [6.45, 7) is 5.13. The molecule has 0 aliphatic rings. The smallest absolute Gasteiger partial charge is 0.336 e. The van der Waals surface area contributed by atoms with Crippen LogP contribution < -0.4 is 0 Å². The van der Waals surface area contributed by atoms with Gasteiger partial charge in [-0.3, -0.25) is 0 Å². The number of carboxylic acids is 1. The molecule has 0 aliphatic carbocycles. The number of nitrogens with zero attached hydrogens (tertiary/aromatic N) is 1. The van der Waals surface area contributed by atoms with Gasteiger partial charge in [-0.2, -0.15) is 8.42 Å². The first-order chi connectivity index (χ1) is 7.58. The molecule has 1 aromatic rings. The van der Waals surface area contributed by atoms with E-state index in [-0.39, 0.29) is 16.3 Å². The summed E-state index contributed by atoms with van der Waals surface area (Å²) >= 11 is 0. The van der Waals surface area contributed by atoms with Gasteiger partial charge in [0.1, 0.15) is 5.69 Å². The minimum Gasteiger partial charge on any atom is -0.479 e. The maximum atomic E-state index is 11.9. The monoisotopic (exact) mass is 263 g/mol. The largest absolute Gasteiger partial charge is 0.479 e. The fourth-order valence-corrected chi connectivity index (χ4v) is 2.67. The normalized spacial score (nSPS) is 12.7. The molecule has 17 heavy (non-hydrogen) atoms. The zero-order chi connectivity index (χ0) is 13.4. The number of hydrogen-bond donors (Lipinski definition) is 1. The van der Waals surface area contributed by atoms with Crippen molar-refractivity contribution in [2.24, 2.45) is 0 Å². The summed E-state index contributed by atoms with van der Waals surface area (Å²) in [5, 5.41) is 12.3. The minimum atomic E-state index is -4.22. The Morgan fingerprint density at radius 2 is 1.94 bits per heavy atom. The number of aryl methyl sites for hydroxylation is 2.